The Morgan fingerprint density at radius 2 is 0.710 bits per heavy atom. The number of thiophene rings is 4. The summed E-state index contributed by atoms with van der Waals surface area (Å²) in [5.74, 6) is 3.39. The molecule has 0 fully saturated rings. The minimum Gasteiger partial charge on any atom is -0.461 e. The second-order valence-corrected chi connectivity index (χ2v) is 31.8. The van der Waals surface area contributed by atoms with E-state index in [1.807, 2.05) is 123 Å². The van der Waals surface area contributed by atoms with Gasteiger partial charge in [-0.1, -0.05) is 164 Å². The highest BCUT2D eigenvalue weighted by Crippen LogP contribution is 2.46. The van der Waals surface area contributed by atoms with Crippen molar-refractivity contribution in [1.82, 2.24) is 26.2 Å². The van der Waals surface area contributed by atoms with E-state index in [1.54, 1.807) is 0 Å². The van der Waals surface area contributed by atoms with Crippen molar-refractivity contribution < 1.29 is 8.83 Å². The first-order valence-electron chi connectivity index (χ1n) is 35.4. The third-order valence-electron chi connectivity index (χ3n) is 18.0. The number of allylic oxidation sites excluding steroid dienone is 4. The second kappa shape index (κ2) is 35.8. The molecule has 0 unspecified atom stereocenters. The normalized spacial score (nSPS) is 11.7. The lowest BCUT2D eigenvalue weighted by Crippen LogP contribution is -1.93. The van der Waals surface area contributed by atoms with Gasteiger partial charge in [0.15, 0.2) is 0 Å². The molecule has 0 bridgehead atoms. The van der Waals surface area contributed by atoms with Gasteiger partial charge in [0, 0.05) is 72.4 Å². The number of fused-ring (bicyclic) bond motifs is 3. The van der Waals surface area contributed by atoms with E-state index in [1.165, 1.54) is 216 Å². The number of unbranched alkanes of at least 4 members (excludes halogenated alkanes) is 6. The summed E-state index contributed by atoms with van der Waals surface area (Å²) in [6.07, 6.45) is 18.4. The van der Waals surface area contributed by atoms with Gasteiger partial charge in [0.05, 0.1) is 35.2 Å². The Morgan fingerprint density at radius 1 is 0.350 bits per heavy atom. The van der Waals surface area contributed by atoms with E-state index in [4.69, 9.17) is 17.6 Å². The van der Waals surface area contributed by atoms with E-state index >= 15 is 0 Å². The molecule has 0 saturated heterocycles. The quantitative estimate of drug-likeness (QED) is 0.0783. The lowest BCUT2D eigenvalue weighted by molar-refractivity contribution is 0.547. The third-order valence-corrected chi connectivity index (χ3v) is 23.8. The first-order valence-corrected chi connectivity index (χ1v) is 40.8. The van der Waals surface area contributed by atoms with Crippen molar-refractivity contribution >= 4 is 125 Å². The molecule has 0 saturated carbocycles. The molecule has 15 rings (SSSR count). The van der Waals surface area contributed by atoms with Crippen molar-refractivity contribution in [3.8, 4) is 64.4 Å². The summed E-state index contributed by atoms with van der Waals surface area (Å²) in [5, 5.41) is 0. The zero-order valence-corrected chi connectivity index (χ0v) is 66.7. The summed E-state index contributed by atoms with van der Waals surface area (Å²) >= 11 is 11.3. The highest BCUT2D eigenvalue weighted by molar-refractivity contribution is 7.17. The van der Waals surface area contributed by atoms with Crippen LogP contribution >= 0.6 is 80.5 Å². The van der Waals surface area contributed by atoms with Crippen molar-refractivity contribution in [3.05, 3.63) is 221 Å². The van der Waals surface area contributed by atoms with Gasteiger partial charge in [0.2, 0.25) is 0 Å². The fourth-order valence-electron chi connectivity index (χ4n) is 12.4. The number of hydrogen-bond acceptors (Lipinski definition) is 15. The monoisotopic (exact) mass is 1450 g/mol. The van der Waals surface area contributed by atoms with Gasteiger partial charge >= 0.3 is 0 Å². The number of benzene rings is 5. The molecule has 0 atom stereocenters. The Kier molecular flexibility index (Phi) is 26.9. The maximum absolute atomic E-state index is 5.71. The molecule has 9 aromatic heterocycles. The molecule has 0 N–H and O–H groups in total. The van der Waals surface area contributed by atoms with Gasteiger partial charge in [0.25, 0.3) is 0 Å². The Balaban J connectivity index is 0.000000145. The summed E-state index contributed by atoms with van der Waals surface area (Å²) in [7, 11) is 0. The summed E-state index contributed by atoms with van der Waals surface area (Å²) in [6.45, 7) is 33.9. The zero-order chi connectivity index (χ0) is 71.0. The Hall–Kier alpha value is -7.60. The van der Waals surface area contributed by atoms with Crippen molar-refractivity contribution in [2.24, 2.45) is 0 Å². The molecule has 518 valence electrons. The second-order valence-electron chi connectivity index (χ2n) is 25.1. The summed E-state index contributed by atoms with van der Waals surface area (Å²) in [6, 6.07) is 47.6. The predicted molar refractivity (Wildman–Crippen MR) is 440 cm³/mol. The molecule has 0 radical (unpaired) electrons. The summed E-state index contributed by atoms with van der Waals surface area (Å²) in [4.78, 5) is 10.8. The molecule has 100 heavy (non-hydrogen) atoms. The summed E-state index contributed by atoms with van der Waals surface area (Å²) in [5.41, 5.74) is 26.6. The molecule has 0 spiro atoms. The average molecular weight is 1460 g/mol. The van der Waals surface area contributed by atoms with Crippen molar-refractivity contribution in [1.29, 1.82) is 0 Å². The standard InChI is InChI=1S/C28H36N2S3.C19H18.C18H16N2S3.C16H12N2O2S.2C2H6/c1-5-7-9-11-13-21-17-25(31-19(21)3)23-15-16-24(28-27(23)29-33-30-28)26-18-22(20(4)32-26)14-12-10-8-6-2;1-14-3-7-16(8-4-14)18-11-12-19(13-18)17-9-5-15(2)6-10-17;1-9-5-7-13(21-9)15-11(3)12(4)16(14-8-6-10(2)22-14)18-17(15)19-23-20-18;1-9-3-7-13(19-9)11-5-6-12(14-8-4-10(2)20-14)16-15(11)17-21-18-16;2*1-2/h15-18H,5-14H2,1-4H3;3-12H,13H2,1-2H3;5-8H,1-4H3;3-8H,1-2H3;2*1-2H3. The van der Waals surface area contributed by atoms with Crippen LogP contribution in [0.15, 0.2) is 154 Å². The van der Waals surface area contributed by atoms with Crippen LogP contribution in [0.25, 0.3) is 109 Å². The largest absolute Gasteiger partial charge is 0.461 e. The number of rotatable bonds is 18. The predicted octanol–water partition coefficient (Wildman–Crippen LogP) is 28.4. The van der Waals surface area contributed by atoms with Crippen LogP contribution in [0.5, 0.6) is 0 Å². The molecular formula is C85H94N6O2S7. The smallest absolute Gasteiger partial charge is 0.136 e. The van der Waals surface area contributed by atoms with Gasteiger partial charge in [0.1, 0.15) is 56.1 Å². The van der Waals surface area contributed by atoms with E-state index in [2.05, 4.69) is 196 Å². The molecule has 15 heteroatoms. The number of nitrogens with zero attached hydrogens (tertiary/aromatic N) is 6. The highest BCUT2D eigenvalue weighted by atomic mass is 32.1. The molecule has 9 heterocycles. The Morgan fingerprint density at radius 3 is 1.05 bits per heavy atom. The van der Waals surface area contributed by atoms with Crippen LogP contribution < -0.4 is 0 Å². The number of furan rings is 2. The minimum absolute atomic E-state index is 0.812. The lowest BCUT2D eigenvalue weighted by Gasteiger charge is -2.13. The molecule has 1 aliphatic carbocycles. The van der Waals surface area contributed by atoms with Gasteiger partial charge in [-0.25, -0.2) is 0 Å². The van der Waals surface area contributed by atoms with E-state index in [-0.39, 0.29) is 0 Å². The SMILES string of the molecule is CC.CC.CCCCCCc1cc(-c2ccc(-c3cc(CCCCCC)c(C)s3)c3nsnc23)sc1C.Cc1ccc(-c2c(C)c(C)c(-c3ccc(C)s3)c3nsnc23)s1.Cc1ccc(-c2ccc(-c3ccc(C)o3)c3nsnc23)o1.Cc1ccc(C2=CC=C(c3ccc(C)cc3)C2)cc1. The maximum Gasteiger partial charge on any atom is 0.136 e. The molecule has 0 aliphatic heterocycles. The Bertz CT molecular complexity index is 4720. The van der Waals surface area contributed by atoms with Gasteiger partial charge in [-0.2, -0.15) is 26.2 Å². The fourth-order valence-corrected chi connectivity index (χ4v) is 18.3. The minimum atomic E-state index is 0.812. The maximum atomic E-state index is 5.71. The van der Waals surface area contributed by atoms with E-state index in [9.17, 15) is 0 Å². The van der Waals surface area contributed by atoms with Crippen LogP contribution in [0.2, 0.25) is 0 Å². The molecule has 5 aromatic carbocycles. The fraction of sp³-hybridized carbons (Fsp3) is 0.318. The van der Waals surface area contributed by atoms with E-state index < -0.39 is 0 Å². The van der Waals surface area contributed by atoms with Crippen molar-refractivity contribution in [2.45, 2.75) is 181 Å². The number of hydrogen-bond donors (Lipinski definition) is 0. The highest BCUT2D eigenvalue weighted by Gasteiger charge is 2.23. The Labute approximate surface area is 621 Å². The first kappa shape index (κ1) is 75.1. The lowest BCUT2D eigenvalue weighted by atomic mass is 9.94. The summed E-state index contributed by atoms with van der Waals surface area (Å²) < 4.78 is 39.1. The van der Waals surface area contributed by atoms with Crippen molar-refractivity contribution in [3.63, 3.8) is 0 Å². The molecule has 8 nitrogen and oxygen atoms in total. The molecule has 1 aliphatic rings. The van der Waals surface area contributed by atoms with Crippen LogP contribution in [0, 0.1) is 69.2 Å². The van der Waals surface area contributed by atoms with Gasteiger partial charge in [-0.05, 0) is 219 Å². The molecule has 0 amide bonds. The van der Waals surface area contributed by atoms with Crippen LogP contribution in [0.1, 0.15) is 175 Å². The molecular weight excluding hydrogens is 1360 g/mol. The van der Waals surface area contributed by atoms with E-state index in [0.717, 1.165) is 73.7 Å². The van der Waals surface area contributed by atoms with Crippen LogP contribution in [-0.2, 0) is 12.8 Å². The van der Waals surface area contributed by atoms with Gasteiger partial charge < -0.3 is 8.83 Å². The number of aryl methyl sites for hydroxylation is 10. The molecule has 14 aromatic rings. The van der Waals surface area contributed by atoms with Gasteiger partial charge in [-0.15, -0.1) is 45.3 Å². The van der Waals surface area contributed by atoms with Gasteiger partial charge in [-0.3, -0.25) is 0 Å². The van der Waals surface area contributed by atoms with Crippen LogP contribution in [-0.4, -0.2) is 26.2 Å². The van der Waals surface area contributed by atoms with Crippen molar-refractivity contribution in [2.75, 3.05) is 0 Å². The number of aromatic nitrogens is 6. The topological polar surface area (TPSA) is 104 Å². The van der Waals surface area contributed by atoms with E-state index in [0.29, 0.717) is 0 Å². The van der Waals surface area contributed by atoms with Crippen LogP contribution in [0.3, 0.4) is 0 Å². The third kappa shape index (κ3) is 17.8. The van der Waals surface area contributed by atoms with Crippen LogP contribution in [0.4, 0.5) is 0 Å². The first-order chi connectivity index (χ1) is 48.6. The average Bonchev–Trinajstić information content (AvgIpc) is 1.50. The zero-order valence-electron chi connectivity index (χ0n) is 61.0.